The third-order valence-corrected chi connectivity index (χ3v) is 5.09. The third kappa shape index (κ3) is 4.57. The molecule has 0 radical (unpaired) electrons. The number of anilines is 1. The van der Waals surface area contributed by atoms with E-state index in [9.17, 15) is 0 Å². The summed E-state index contributed by atoms with van der Waals surface area (Å²) in [5, 5.41) is 3.56. The molecule has 0 aliphatic rings. The van der Waals surface area contributed by atoms with Crippen LogP contribution in [-0.2, 0) is 6.42 Å². The second-order valence-electron chi connectivity index (χ2n) is 5.10. The molecule has 0 heterocycles. The van der Waals surface area contributed by atoms with Crippen molar-refractivity contribution < 1.29 is 0 Å². The molecule has 1 N–H and O–H groups in total. The Morgan fingerprint density at radius 2 is 1.57 bits per heavy atom. The first-order valence-corrected chi connectivity index (χ1v) is 9.39. The van der Waals surface area contributed by atoms with Crippen LogP contribution in [0, 0.1) is 0 Å². The molecule has 0 spiro atoms. The number of aryl methyl sites for hydroxylation is 1. The lowest BCUT2D eigenvalue weighted by Gasteiger charge is -2.19. The molecule has 0 aliphatic carbocycles. The maximum atomic E-state index is 3.61. The van der Waals surface area contributed by atoms with Crippen LogP contribution in [0.1, 0.15) is 37.4 Å². The van der Waals surface area contributed by atoms with Crippen LogP contribution in [0.4, 0.5) is 5.69 Å². The van der Waals surface area contributed by atoms with E-state index in [0.29, 0.717) is 0 Å². The zero-order chi connectivity index (χ0) is 15.4. The first-order chi connectivity index (χ1) is 10.0. The minimum Gasteiger partial charge on any atom is -0.377 e. The Bertz CT molecular complexity index is 585. The summed E-state index contributed by atoms with van der Waals surface area (Å²) >= 11 is 10.7. The van der Waals surface area contributed by atoms with Crippen LogP contribution >= 0.6 is 47.8 Å². The molecule has 4 heteroatoms. The highest BCUT2D eigenvalue weighted by atomic mass is 79.9. The Balaban J connectivity index is 2.16. The number of hydrogen-bond acceptors (Lipinski definition) is 1. The van der Waals surface area contributed by atoms with Crippen molar-refractivity contribution in [2.24, 2.45) is 0 Å². The molecule has 1 unspecified atom stereocenters. The molecule has 0 saturated carbocycles. The van der Waals surface area contributed by atoms with E-state index < -0.39 is 0 Å². The van der Waals surface area contributed by atoms with E-state index in [1.807, 2.05) is 12.1 Å². The van der Waals surface area contributed by atoms with Crippen LogP contribution < -0.4 is 5.32 Å². The van der Waals surface area contributed by atoms with Gasteiger partial charge in [0, 0.05) is 19.5 Å². The van der Waals surface area contributed by atoms with Crippen LogP contribution in [0.5, 0.6) is 0 Å². The van der Waals surface area contributed by atoms with Gasteiger partial charge in [-0.2, -0.15) is 0 Å². The molecule has 2 aromatic carbocycles. The smallest absolute Gasteiger partial charge is 0.0634 e. The van der Waals surface area contributed by atoms with Crippen molar-refractivity contribution in [1.82, 2.24) is 0 Å². The maximum Gasteiger partial charge on any atom is 0.0634 e. The lowest BCUT2D eigenvalue weighted by molar-refractivity contribution is 0.874. The van der Waals surface area contributed by atoms with E-state index in [-0.39, 0.29) is 6.04 Å². The molecule has 1 atom stereocenters. The van der Waals surface area contributed by atoms with Crippen molar-refractivity contribution in [3.63, 3.8) is 0 Å². The second kappa shape index (κ2) is 7.80. The molecular formula is C17H18Br3N. The SMILES string of the molecule is CCCc1ccc(C(C)Nc2c(Br)cc(Br)cc2Br)cc1. The highest BCUT2D eigenvalue weighted by Gasteiger charge is 2.11. The number of nitrogens with one attached hydrogen (secondary N) is 1. The van der Waals surface area contributed by atoms with Crippen LogP contribution in [0.2, 0.25) is 0 Å². The highest BCUT2D eigenvalue weighted by molar-refractivity contribution is 9.11. The predicted molar refractivity (Wildman–Crippen MR) is 102 cm³/mol. The summed E-state index contributed by atoms with van der Waals surface area (Å²) in [4.78, 5) is 0. The van der Waals surface area contributed by atoms with Gasteiger partial charge in [-0.25, -0.2) is 0 Å². The molecule has 0 fully saturated rings. The first kappa shape index (κ1) is 17.0. The van der Waals surface area contributed by atoms with Crippen molar-refractivity contribution >= 4 is 53.5 Å². The van der Waals surface area contributed by atoms with Crippen molar-refractivity contribution in [3.05, 3.63) is 60.9 Å². The highest BCUT2D eigenvalue weighted by Crippen LogP contribution is 2.36. The number of benzene rings is 2. The first-order valence-electron chi connectivity index (χ1n) is 7.01. The van der Waals surface area contributed by atoms with Gasteiger partial charge in [-0.1, -0.05) is 53.5 Å². The fraction of sp³-hybridized carbons (Fsp3) is 0.294. The molecule has 2 aromatic rings. The minimum atomic E-state index is 0.245. The molecule has 0 bridgehead atoms. The Morgan fingerprint density at radius 1 is 1.00 bits per heavy atom. The fourth-order valence-corrected chi connectivity index (χ4v) is 4.73. The van der Waals surface area contributed by atoms with E-state index in [0.717, 1.165) is 25.5 Å². The van der Waals surface area contributed by atoms with Crippen LogP contribution in [0.15, 0.2) is 49.8 Å². The monoisotopic (exact) mass is 473 g/mol. The molecule has 1 nitrogen and oxygen atoms in total. The lowest BCUT2D eigenvalue weighted by Crippen LogP contribution is -2.07. The molecule has 21 heavy (non-hydrogen) atoms. The normalized spacial score (nSPS) is 12.2. The fourth-order valence-electron chi connectivity index (χ4n) is 2.24. The van der Waals surface area contributed by atoms with E-state index in [1.165, 1.54) is 17.5 Å². The minimum absolute atomic E-state index is 0.245. The Morgan fingerprint density at radius 3 is 2.10 bits per heavy atom. The zero-order valence-electron chi connectivity index (χ0n) is 12.1. The van der Waals surface area contributed by atoms with E-state index in [4.69, 9.17) is 0 Å². The van der Waals surface area contributed by atoms with Crippen molar-refractivity contribution in [2.45, 2.75) is 32.7 Å². The number of halogens is 3. The van der Waals surface area contributed by atoms with Gasteiger partial charge in [-0.3, -0.25) is 0 Å². The Labute approximate surface area is 151 Å². The van der Waals surface area contributed by atoms with E-state index >= 15 is 0 Å². The summed E-state index contributed by atoms with van der Waals surface area (Å²) in [5.41, 5.74) is 3.76. The summed E-state index contributed by atoms with van der Waals surface area (Å²) in [5.74, 6) is 0. The van der Waals surface area contributed by atoms with E-state index in [1.54, 1.807) is 0 Å². The summed E-state index contributed by atoms with van der Waals surface area (Å²) in [7, 11) is 0. The zero-order valence-corrected chi connectivity index (χ0v) is 16.8. The largest absolute Gasteiger partial charge is 0.377 e. The molecule has 0 aromatic heterocycles. The van der Waals surface area contributed by atoms with Gasteiger partial charge < -0.3 is 5.32 Å². The van der Waals surface area contributed by atoms with Gasteiger partial charge in [0.2, 0.25) is 0 Å². The second-order valence-corrected chi connectivity index (χ2v) is 7.73. The molecule has 2 rings (SSSR count). The molecule has 0 aliphatic heterocycles. The summed E-state index contributed by atoms with van der Waals surface area (Å²) in [6.45, 7) is 4.39. The average Bonchev–Trinajstić information content (AvgIpc) is 2.43. The molecule has 0 saturated heterocycles. The Kier molecular flexibility index (Phi) is 6.33. The summed E-state index contributed by atoms with van der Waals surface area (Å²) in [6, 6.07) is 13.2. The maximum absolute atomic E-state index is 3.61. The van der Waals surface area contributed by atoms with Crippen LogP contribution in [0.3, 0.4) is 0 Å². The number of rotatable bonds is 5. The summed E-state index contributed by atoms with van der Waals surface area (Å²) in [6.07, 6.45) is 2.33. The van der Waals surface area contributed by atoms with Gasteiger partial charge in [-0.15, -0.1) is 0 Å². The van der Waals surface area contributed by atoms with Crippen molar-refractivity contribution in [3.8, 4) is 0 Å². The third-order valence-electron chi connectivity index (χ3n) is 3.39. The summed E-state index contributed by atoms with van der Waals surface area (Å²) < 4.78 is 3.12. The van der Waals surface area contributed by atoms with Gasteiger partial charge in [0.05, 0.1) is 5.69 Å². The molecule has 112 valence electrons. The van der Waals surface area contributed by atoms with Crippen molar-refractivity contribution in [1.29, 1.82) is 0 Å². The van der Waals surface area contributed by atoms with Crippen LogP contribution in [-0.4, -0.2) is 0 Å². The van der Waals surface area contributed by atoms with Gasteiger partial charge in [0.1, 0.15) is 0 Å². The van der Waals surface area contributed by atoms with Gasteiger partial charge in [-0.05, 0) is 68.5 Å². The van der Waals surface area contributed by atoms with Crippen LogP contribution in [0.25, 0.3) is 0 Å². The van der Waals surface area contributed by atoms with E-state index in [2.05, 4.69) is 91.2 Å². The Hall–Kier alpha value is -0.320. The van der Waals surface area contributed by atoms with Crippen molar-refractivity contribution in [2.75, 3.05) is 5.32 Å². The topological polar surface area (TPSA) is 12.0 Å². The van der Waals surface area contributed by atoms with Gasteiger partial charge in [0.15, 0.2) is 0 Å². The van der Waals surface area contributed by atoms with Gasteiger partial charge >= 0.3 is 0 Å². The standard InChI is InChI=1S/C17H18Br3N/c1-3-4-12-5-7-13(8-6-12)11(2)21-17-15(19)9-14(18)10-16(17)20/h5-11,21H,3-4H2,1-2H3. The number of hydrogen-bond donors (Lipinski definition) is 1. The predicted octanol–water partition coefficient (Wildman–Crippen LogP) is 7.10. The molecular weight excluding hydrogens is 458 g/mol. The van der Waals surface area contributed by atoms with Gasteiger partial charge in [0.25, 0.3) is 0 Å². The average molecular weight is 476 g/mol. The molecule has 0 amide bonds. The quantitative estimate of drug-likeness (QED) is 0.486. The lowest BCUT2D eigenvalue weighted by atomic mass is 10.0.